The zero-order valence-electron chi connectivity index (χ0n) is 22.3. The van der Waals surface area contributed by atoms with Crippen molar-refractivity contribution in [2.45, 2.75) is 6.42 Å². The second-order valence-corrected chi connectivity index (χ2v) is 10.3. The van der Waals surface area contributed by atoms with Gasteiger partial charge in [-0.1, -0.05) is 36.4 Å². The fourth-order valence-corrected chi connectivity index (χ4v) is 5.32. The Balaban J connectivity index is 1.28. The van der Waals surface area contributed by atoms with Gasteiger partial charge in [0.15, 0.2) is 5.58 Å². The number of aromatic carboxylic acids is 1. The fourth-order valence-electron chi connectivity index (χ4n) is 5.32. The van der Waals surface area contributed by atoms with Gasteiger partial charge in [-0.25, -0.2) is 14.7 Å². The number of carboxylic acids is 1. The molecular formula is C33H24N2O7. The highest BCUT2D eigenvalue weighted by Crippen LogP contribution is 2.39. The number of anilines is 1. The Kier molecular flexibility index (Phi) is 6.28. The molecule has 2 aliphatic heterocycles. The first-order valence-electron chi connectivity index (χ1n) is 13.5. The molecule has 1 atom stereocenters. The molecule has 4 aromatic carbocycles. The van der Waals surface area contributed by atoms with Crippen LogP contribution in [0.15, 0.2) is 89.3 Å². The lowest BCUT2D eigenvalue weighted by Crippen LogP contribution is -2.30. The minimum atomic E-state index is -1.19. The summed E-state index contributed by atoms with van der Waals surface area (Å²) in [5.41, 5.74) is 4.14. The lowest BCUT2D eigenvalue weighted by Gasteiger charge is -2.20. The zero-order valence-corrected chi connectivity index (χ0v) is 22.3. The summed E-state index contributed by atoms with van der Waals surface area (Å²) >= 11 is 0. The van der Waals surface area contributed by atoms with E-state index in [-0.39, 0.29) is 28.3 Å². The highest BCUT2D eigenvalue weighted by atomic mass is 16.5. The number of aromatic nitrogens is 1. The topological polar surface area (TPSA) is 119 Å². The third kappa shape index (κ3) is 4.49. The van der Waals surface area contributed by atoms with Crippen molar-refractivity contribution in [3.63, 3.8) is 0 Å². The molecule has 9 nitrogen and oxygen atoms in total. The van der Waals surface area contributed by atoms with Gasteiger partial charge in [0.1, 0.15) is 11.3 Å². The van der Waals surface area contributed by atoms with Gasteiger partial charge in [-0.15, -0.1) is 0 Å². The number of hydrogen-bond donors (Lipinski definition) is 1. The van der Waals surface area contributed by atoms with Crippen LogP contribution in [0.5, 0.6) is 5.75 Å². The minimum absolute atomic E-state index is 0.0238. The number of nitrogens with zero attached hydrogens (tertiary/aromatic N) is 2. The molecule has 42 heavy (non-hydrogen) atoms. The fraction of sp³-hybridized carbons (Fsp3) is 0.152. The number of rotatable bonds is 7. The Bertz CT molecular complexity index is 1870. The molecule has 9 heteroatoms. The third-order valence-corrected chi connectivity index (χ3v) is 7.57. The van der Waals surface area contributed by atoms with Crippen LogP contribution in [0.2, 0.25) is 0 Å². The van der Waals surface area contributed by atoms with E-state index in [0.717, 1.165) is 22.4 Å². The van der Waals surface area contributed by atoms with Gasteiger partial charge in [0.05, 0.1) is 35.6 Å². The number of benzene rings is 4. The number of carboxylic acid groups (broad SMARTS) is 1. The second kappa shape index (κ2) is 10.3. The van der Waals surface area contributed by atoms with Gasteiger partial charge in [0.2, 0.25) is 5.89 Å². The van der Waals surface area contributed by atoms with E-state index in [2.05, 4.69) is 0 Å². The lowest BCUT2D eigenvalue weighted by atomic mass is 10.1. The van der Waals surface area contributed by atoms with E-state index in [0.29, 0.717) is 48.1 Å². The number of amides is 2. The van der Waals surface area contributed by atoms with E-state index in [1.807, 2.05) is 48.5 Å². The highest BCUT2D eigenvalue weighted by Gasteiger charge is 2.39. The monoisotopic (exact) mass is 560 g/mol. The van der Waals surface area contributed by atoms with Crippen molar-refractivity contribution in [3.05, 3.63) is 102 Å². The van der Waals surface area contributed by atoms with Crippen LogP contribution in [0.3, 0.4) is 0 Å². The van der Waals surface area contributed by atoms with Crippen molar-refractivity contribution >= 4 is 34.6 Å². The largest absolute Gasteiger partial charge is 0.491 e. The molecular weight excluding hydrogens is 536 g/mol. The van der Waals surface area contributed by atoms with Crippen molar-refractivity contribution in [3.8, 4) is 28.3 Å². The number of hydrogen-bond acceptors (Lipinski definition) is 7. The zero-order chi connectivity index (χ0) is 28.8. The van der Waals surface area contributed by atoms with E-state index >= 15 is 0 Å². The highest BCUT2D eigenvalue weighted by molar-refractivity contribution is 6.35. The molecule has 1 aromatic heterocycles. The molecule has 5 aromatic rings. The van der Waals surface area contributed by atoms with Crippen molar-refractivity contribution < 1.29 is 33.4 Å². The summed E-state index contributed by atoms with van der Waals surface area (Å²) in [6, 6.07) is 24.7. The molecule has 2 amide bonds. The third-order valence-electron chi connectivity index (χ3n) is 7.57. The predicted molar refractivity (Wildman–Crippen MR) is 154 cm³/mol. The number of fused-ring (bicyclic) bond motifs is 2. The maximum atomic E-state index is 13.6. The number of imide groups is 1. The van der Waals surface area contributed by atoms with Crippen LogP contribution in [-0.4, -0.2) is 47.7 Å². The quantitative estimate of drug-likeness (QED) is 0.238. The smallest absolute Gasteiger partial charge is 0.335 e. The number of ether oxygens (including phenoxy) is 2. The summed E-state index contributed by atoms with van der Waals surface area (Å²) < 4.78 is 17.7. The van der Waals surface area contributed by atoms with Crippen LogP contribution in [-0.2, 0) is 4.74 Å². The molecule has 0 spiro atoms. The van der Waals surface area contributed by atoms with Crippen molar-refractivity contribution in [1.82, 2.24) is 4.98 Å². The van der Waals surface area contributed by atoms with E-state index in [4.69, 9.17) is 18.9 Å². The first kappa shape index (κ1) is 25.7. The molecule has 1 saturated heterocycles. The Morgan fingerprint density at radius 3 is 2.50 bits per heavy atom. The lowest BCUT2D eigenvalue weighted by molar-refractivity contribution is 0.0696. The van der Waals surface area contributed by atoms with Crippen LogP contribution in [0.1, 0.15) is 37.5 Å². The molecule has 1 fully saturated rings. The van der Waals surface area contributed by atoms with Crippen LogP contribution < -0.4 is 9.64 Å². The maximum absolute atomic E-state index is 13.6. The SMILES string of the molecule is O=C(O)c1ccc2c(c1)C(=O)N(c1cc(-c3nc4cc(-c5ccccc5)ccc4o3)ccc1OCC1CCOC1)C2=O. The van der Waals surface area contributed by atoms with E-state index in [1.165, 1.54) is 18.2 Å². The Morgan fingerprint density at radius 1 is 0.905 bits per heavy atom. The van der Waals surface area contributed by atoms with Gasteiger partial charge >= 0.3 is 5.97 Å². The average Bonchev–Trinajstić information content (AvgIpc) is 3.75. The molecule has 208 valence electrons. The summed E-state index contributed by atoms with van der Waals surface area (Å²) in [6.07, 6.45) is 0.853. The van der Waals surface area contributed by atoms with Crippen LogP contribution in [0, 0.1) is 5.92 Å². The molecule has 3 heterocycles. The first-order chi connectivity index (χ1) is 20.5. The maximum Gasteiger partial charge on any atom is 0.335 e. The first-order valence-corrected chi connectivity index (χ1v) is 13.5. The molecule has 1 unspecified atom stereocenters. The normalized spacial score (nSPS) is 16.3. The molecule has 1 N–H and O–H groups in total. The summed E-state index contributed by atoms with van der Waals surface area (Å²) in [5, 5.41) is 9.42. The van der Waals surface area contributed by atoms with Crippen molar-refractivity contribution in [2.75, 3.05) is 24.7 Å². The Hall–Kier alpha value is -5.28. The van der Waals surface area contributed by atoms with E-state index in [9.17, 15) is 19.5 Å². The summed E-state index contributed by atoms with van der Waals surface area (Å²) in [6.45, 7) is 1.59. The van der Waals surface area contributed by atoms with E-state index < -0.39 is 17.8 Å². The van der Waals surface area contributed by atoms with Gasteiger partial charge in [0.25, 0.3) is 11.8 Å². The summed E-state index contributed by atoms with van der Waals surface area (Å²) in [7, 11) is 0. The van der Waals surface area contributed by atoms with E-state index in [1.54, 1.807) is 18.2 Å². The number of oxazole rings is 1. The molecule has 0 saturated carbocycles. The van der Waals surface area contributed by atoms with Crippen molar-refractivity contribution in [2.24, 2.45) is 5.92 Å². The standard InChI is InChI=1S/C33H24N2O7/c36-31-24-9-6-23(33(38)39)14-25(24)32(37)35(31)27-16-22(8-11-29(27)41-18-19-12-13-40-17-19)30-34-26-15-21(7-10-28(26)42-30)20-4-2-1-3-5-20/h1-11,14-16,19H,12-13,17-18H2,(H,38,39). The second-order valence-electron chi connectivity index (χ2n) is 10.3. The average molecular weight is 561 g/mol. The van der Waals surface area contributed by atoms with Gasteiger partial charge < -0.3 is 19.0 Å². The Labute approximate surface area is 239 Å². The van der Waals surface area contributed by atoms with Crippen LogP contribution in [0.4, 0.5) is 5.69 Å². The van der Waals surface area contributed by atoms with Gasteiger partial charge in [-0.3, -0.25) is 9.59 Å². The summed E-state index contributed by atoms with van der Waals surface area (Å²) in [5.74, 6) is -1.54. The number of carbonyl (C=O) groups excluding carboxylic acids is 2. The molecule has 0 bridgehead atoms. The minimum Gasteiger partial charge on any atom is -0.491 e. The molecule has 7 rings (SSSR count). The van der Waals surface area contributed by atoms with Gasteiger partial charge in [-0.05, 0) is 66.1 Å². The van der Waals surface area contributed by atoms with Crippen molar-refractivity contribution in [1.29, 1.82) is 0 Å². The molecule has 2 aliphatic rings. The number of carbonyl (C=O) groups is 3. The molecule has 0 aliphatic carbocycles. The van der Waals surface area contributed by atoms with Crippen LogP contribution >= 0.6 is 0 Å². The van der Waals surface area contributed by atoms with Gasteiger partial charge in [-0.2, -0.15) is 0 Å². The molecule has 0 radical (unpaired) electrons. The van der Waals surface area contributed by atoms with Crippen LogP contribution in [0.25, 0.3) is 33.7 Å². The van der Waals surface area contributed by atoms with Gasteiger partial charge in [0, 0.05) is 18.1 Å². The Morgan fingerprint density at radius 2 is 1.71 bits per heavy atom. The predicted octanol–water partition coefficient (Wildman–Crippen LogP) is 6.08. The summed E-state index contributed by atoms with van der Waals surface area (Å²) in [4.78, 5) is 44.3.